The minimum absolute atomic E-state index is 0.00931. The molecule has 0 atom stereocenters. The van der Waals surface area contributed by atoms with Crippen molar-refractivity contribution in [1.29, 1.82) is 0 Å². The van der Waals surface area contributed by atoms with Crippen molar-refractivity contribution < 1.29 is 4.79 Å². The number of hydrogen-bond acceptors (Lipinski definition) is 1. The maximum absolute atomic E-state index is 11.4. The summed E-state index contributed by atoms with van der Waals surface area (Å²) in [5.74, 6) is -0.00931. The third kappa shape index (κ3) is 2.27. The molecule has 15 heavy (non-hydrogen) atoms. The lowest BCUT2D eigenvalue weighted by molar-refractivity contribution is -0.114. The highest BCUT2D eigenvalue weighted by atomic mass is 16.2. The summed E-state index contributed by atoms with van der Waals surface area (Å²) in [7, 11) is 0. The number of rotatable bonds is 1. The van der Waals surface area contributed by atoms with Crippen molar-refractivity contribution in [3.63, 3.8) is 0 Å². The molecule has 2 rings (SSSR count). The highest BCUT2D eigenvalue weighted by Gasteiger charge is 2.21. The summed E-state index contributed by atoms with van der Waals surface area (Å²) < 4.78 is 0. The van der Waals surface area contributed by atoms with Gasteiger partial charge >= 0.3 is 0 Å². The number of benzene rings is 1. The van der Waals surface area contributed by atoms with Crippen LogP contribution in [0.1, 0.15) is 19.4 Å². The highest BCUT2D eigenvalue weighted by molar-refractivity contribution is 6.02. The molecular formula is C13H17NO. The Balaban J connectivity index is 0.000000531. The second-order valence-electron chi connectivity index (χ2n) is 3.07. The highest BCUT2D eigenvalue weighted by Crippen LogP contribution is 2.27. The Kier molecular flexibility index (Phi) is 4.10. The first-order valence-corrected chi connectivity index (χ1v) is 5.35. The smallest absolute Gasteiger partial charge is 0.250 e. The van der Waals surface area contributed by atoms with E-state index in [-0.39, 0.29) is 5.91 Å². The number of amides is 1. The molecule has 80 valence electrons. The maximum atomic E-state index is 11.4. The molecule has 2 nitrogen and oxygen atoms in total. The van der Waals surface area contributed by atoms with E-state index < -0.39 is 0 Å². The molecule has 2 heteroatoms. The van der Waals surface area contributed by atoms with E-state index in [2.05, 4.69) is 12.6 Å². The first-order valence-electron chi connectivity index (χ1n) is 5.35. The lowest BCUT2D eigenvalue weighted by Gasteiger charge is -2.14. The summed E-state index contributed by atoms with van der Waals surface area (Å²) in [6.07, 6.45) is 2.32. The van der Waals surface area contributed by atoms with E-state index in [1.165, 1.54) is 11.6 Å². The van der Waals surface area contributed by atoms with Gasteiger partial charge in [0.05, 0.1) is 0 Å². The summed E-state index contributed by atoms with van der Waals surface area (Å²) in [4.78, 5) is 13.2. The van der Waals surface area contributed by atoms with Crippen LogP contribution in [0.4, 0.5) is 5.69 Å². The quantitative estimate of drug-likeness (QED) is 0.643. The summed E-state index contributed by atoms with van der Waals surface area (Å²) >= 11 is 0. The molecule has 1 amide bonds. The largest absolute Gasteiger partial charge is 0.308 e. The minimum Gasteiger partial charge on any atom is -0.308 e. The molecule has 1 heterocycles. The van der Waals surface area contributed by atoms with E-state index in [0.717, 1.165) is 18.7 Å². The van der Waals surface area contributed by atoms with Gasteiger partial charge < -0.3 is 4.90 Å². The molecule has 0 unspecified atom stereocenters. The minimum atomic E-state index is -0.00931. The molecule has 0 spiro atoms. The van der Waals surface area contributed by atoms with E-state index in [0.29, 0.717) is 0 Å². The zero-order chi connectivity index (χ0) is 11.3. The van der Waals surface area contributed by atoms with Crippen molar-refractivity contribution >= 4 is 11.6 Å². The van der Waals surface area contributed by atoms with E-state index in [1.54, 1.807) is 4.90 Å². The lowest BCUT2D eigenvalue weighted by atomic mass is 10.2. The Morgan fingerprint density at radius 3 is 2.73 bits per heavy atom. The van der Waals surface area contributed by atoms with E-state index >= 15 is 0 Å². The monoisotopic (exact) mass is 203 g/mol. The van der Waals surface area contributed by atoms with Crippen LogP contribution in [0.25, 0.3) is 0 Å². The van der Waals surface area contributed by atoms with Crippen LogP contribution in [0.5, 0.6) is 0 Å². The lowest BCUT2D eigenvalue weighted by Crippen LogP contribution is -2.26. The van der Waals surface area contributed by atoms with Gasteiger partial charge in [0.1, 0.15) is 0 Å². The van der Waals surface area contributed by atoms with Gasteiger partial charge in [0, 0.05) is 12.2 Å². The zero-order valence-corrected chi connectivity index (χ0v) is 9.36. The van der Waals surface area contributed by atoms with Gasteiger partial charge in [0.2, 0.25) is 5.91 Å². The van der Waals surface area contributed by atoms with Gasteiger partial charge in [-0.1, -0.05) is 38.6 Å². The first kappa shape index (κ1) is 11.5. The molecule has 0 fully saturated rings. The summed E-state index contributed by atoms with van der Waals surface area (Å²) in [6, 6.07) is 7.99. The molecule has 0 aliphatic carbocycles. The van der Waals surface area contributed by atoms with Crippen LogP contribution >= 0.6 is 0 Å². The molecule has 1 aromatic rings. The summed E-state index contributed by atoms with van der Waals surface area (Å²) in [6.45, 7) is 8.27. The normalized spacial score (nSPS) is 12.5. The van der Waals surface area contributed by atoms with Crippen molar-refractivity contribution in [3.05, 3.63) is 42.5 Å². The van der Waals surface area contributed by atoms with Gasteiger partial charge in [0.15, 0.2) is 0 Å². The molecule has 1 aliphatic heterocycles. The Morgan fingerprint density at radius 1 is 1.40 bits per heavy atom. The molecule has 0 saturated carbocycles. The predicted octanol–water partition coefficient (Wildman–Crippen LogP) is 2.79. The van der Waals surface area contributed by atoms with Crippen LogP contribution in [-0.2, 0) is 11.2 Å². The fraction of sp³-hybridized carbons (Fsp3) is 0.308. The number of nitrogens with zero attached hydrogens (tertiary/aromatic N) is 1. The Hall–Kier alpha value is -1.57. The topological polar surface area (TPSA) is 20.3 Å². The van der Waals surface area contributed by atoms with Crippen LogP contribution < -0.4 is 4.90 Å². The number of hydrogen-bond donors (Lipinski definition) is 0. The molecule has 1 aliphatic rings. The molecule has 0 bridgehead atoms. The van der Waals surface area contributed by atoms with E-state index in [4.69, 9.17) is 0 Å². The van der Waals surface area contributed by atoms with Gasteiger partial charge in [-0.25, -0.2) is 0 Å². The average Bonchev–Trinajstić information content (AvgIpc) is 2.74. The zero-order valence-electron chi connectivity index (χ0n) is 9.36. The van der Waals surface area contributed by atoms with Gasteiger partial charge in [-0.3, -0.25) is 4.79 Å². The van der Waals surface area contributed by atoms with Crippen LogP contribution in [0.2, 0.25) is 0 Å². The summed E-state index contributed by atoms with van der Waals surface area (Å²) in [5.41, 5.74) is 2.28. The number of anilines is 1. The van der Waals surface area contributed by atoms with Crippen molar-refractivity contribution in [2.45, 2.75) is 20.3 Å². The van der Waals surface area contributed by atoms with Gasteiger partial charge in [-0.15, -0.1) is 0 Å². The molecule has 0 saturated heterocycles. The molecular weight excluding hydrogens is 186 g/mol. The van der Waals surface area contributed by atoms with Crippen molar-refractivity contribution in [1.82, 2.24) is 0 Å². The first-order chi connectivity index (χ1) is 7.33. The number of fused-ring (bicyclic) bond motifs is 1. The maximum Gasteiger partial charge on any atom is 0.250 e. The second kappa shape index (κ2) is 5.35. The standard InChI is InChI=1S/C11H11NO.C2H6/c1-2-11(13)12-8-7-9-5-3-4-6-10(9)12;1-2/h2-6H,1,7-8H2;1-2H3. The van der Waals surface area contributed by atoms with Gasteiger partial charge in [-0.2, -0.15) is 0 Å². The van der Waals surface area contributed by atoms with Crippen molar-refractivity contribution in [2.75, 3.05) is 11.4 Å². The Morgan fingerprint density at radius 2 is 2.07 bits per heavy atom. The van der Waals surface area contributed by atoms with E-state index in [9.17, 15) is 4.79 Å². The molecule has 0 aromatic heterocycles. The number of carbonyl (C=O) groups is 1. The van der Waals surface area contributed by atoms with Crippen LogP contribution in [0, 0.1) is 0 Å². The molecule has 1 aromatic carbocycles. The predicted molar refractivity (Wildman–Crippen MR) is 64.0 cm³/mol. The molecule has 0 radical (unpaired) electrons. The number of carbonyl (C=O) groups excluding carboxylic acids is 1. The van der Waals surface area contributed by atoms with Crippen molar-refractivity contribution in [2.24, 2.45) is 0 Å². The molecule has 0 N–H and O–H groups in total. The third-order valence-corrected chi connectivity index (χ3v) is 2.33. The summed E-state index contributed by atoms with van der Waals surface area (Å²) in [5, 5.41) is 0. The third-order valence-electron chi connectivity index (χ3n) is 2.33. The Bertz CT molecular complexity index is 357. The van der Waals surface area contributed by atoms with E-state index in [1.807, 2.05) is 32.0 Å². The van der Waals surface area contributed by atoms with Gasteiger partial charge in [0.25, 0.3) is 0 Å². The van der Waals surface area contributed by atoms with Crippen LogP contribution in [0.3, 0.4) is 0 Å². The fourth-order valence-electron chi connectivity index (χ4n) is 1.68. The van der Waals surface area contributed by atoms with Crippen LogP contribution in [0.15, 0.2) is 36.9 Å². The van der Waals surface area contributed by atoms with Crippen LogP contribution in [-0.4, -0.2) is 12.5 Å². The number of para-hydroxylation sites is 1. The Labute approximate surface area is 91.2 Å². The average molecular weight is 203 g/mol. The SMILES string of the molecule is C=CC(=O)N1CCc2ccccc21.CC. The van der Waals surface area contributed by atoms with Gasteiger partial charge in [-0.05, 0) is 24.1 Å². The second-order valence-corrected chi connectivity index (χ2v) is 3.07. The fourth-order valence-corrected chi connectivity index (χ4v) is 1.68. The van der Waals surface area contributed by atoms with Crippen molar-refractivity contribution in [3.8, 4) is 0 Å².